The van der Waals surface area contributed by atoms with Crippen LogP contribution < -0.4 is 10.9 Å². The Morgan fingerprint density at radius 3 is 2.94 bits per heavy atom. The van der Waals surface area contributed by atoms with Crippen LogP contribution in [0.15, 0.2) is 28.7 Å². The number of benzene rings is 1. The first kappa shape index (κ1) is 11.8. The maximum atomic E-state index is 10.6. The molecule has 1 aromatic rings. The van der Waals surface area contributed by atoms with E-state index in [1.54, 1.807) is 4.90 Å². The highest BCUT2D eigenvalue weighted by molar-refractivity contribution is 9.10. The van der Waals surface area contributed by atoms with Crippen LogP contribution in [0.25, 0.3) is 0 Å². The summed E-state index contributed by atoms with van der Waals surface area (Å²) >= 11 is 8.48. The Bertz CT molecular complexity index is 428. The Hall–Kier alpha value is -0.690. The maximum absolute atomic E-state index is 10.6. The van der Waals surface area contributed by atoms with Crippen LogP contribution in [0.4, 0.5) is 0 Å². The predicted octanol–water partition coefficient (Wildman–Crippen LogP) is 1.27. The second-order valence-electron chi connectivity index (χ2n) is 3.48. The fourth-order valence-electron chi connectivity index (χ4n) is 1.73. The van der Waals surface area contributed by atoms with E-state index < -0.39 is 5.85 Å². The SMILES string of the molecule is CCN1C(=S)NNC1(O)c1cccc(Br)c1. The Labute approximate surface area is 108 Å². The van der Waals surface area contributed by atoms with Gasteiger partial charge in [-0.2, -0.15) is 5.43 Å². The predicted molar refractivity (Wildman–Crippen MR) is 69.3 cm³/mol. The third-order valence-electron chi connectivity index (χ3n) is 2.52. The van der Waals surface area contributed by atoms with Crippen molar-refractivity contribution in [2.75, 3.05) is 6.54 Å². The van der Waals surface area contributed by atoms with Gasteiger partial charge < -0.3 is 10.0 Å². The Morgan fingerprint density at radius 2 is 2.31 bits per heavy atom. The van der Waals surface area contributed by atoms with Crippen LogP contribution in [0.3, 0.4) is 0 Å². The molecule has 4 nitrogen and oxygen atoms in total. The van der Waals surface area contributed by atoms with Crippen molar-refractivity contribution in [3.8, 4) is 0 Å². The van der Waals surface area contributed by atoms with Crippen molar-refractivity contribution in [2.45, 2.75) is 12.8 Å². The fraction of sp³-hybridized carbons (Fsp3) is 0.300. The number of hydrogen-bond donors (Lipinski definition) is 3. The summed E-state index contributed by atoms with van der Waals surface area (Å²) in [5.41, 5.74) is 6.30. The highest BCUT2D eigenvalue weighted by Gasteiger charge is 2.42. The van der Waals surface area contributed by atoms with Crippen LogP contribution in [-0.4, -0.2) is 21.7 Å². The molecule has 1 aromatic carbocycles. The molecule has 1 heterocycles. The van der Waals surface area contributed by atoms with Crippen LogP contribution in [0.5, 0.6) is 0 Å². The molecular weight excluding hydrogens is 290 g/mol. The van der Waals surface area contributed by atoms with Crippen LogP contribution in [0, 0.1) is 0 Å². The van der Waals surface area contributed by atoms with E-state index in [0.717, 1.165) is 10.0 Å². The van der Waals surface area contributed by atoms with E-state index in [9.17, 15) is 5.11 Å². The molecule has 0 aromatic heterocycles. The molecule has 16 heavy (non-hydrogen) atoms. The van der Waals surface area contributed by atoms with E-state index in [0.29, 0.717) is 11.7 Å². The van der Waals surface area contributed by atoms with Crippen molar-refractivity contribution in [1.29, 1.82) is 0 Å². The van der Waals surface area contributed by atoms with Crippen LogP contribution in [0.2, 0.25) is 0 Å². The molecular formula is C10H12BrN3OS. The summed E-state index contributed by atoms with van der Waals surface area (Å²) in [4.78, 5) is 1.68. The third-order valence-corrected chi connectivity index (χ3v) is 3.34. The zero-order valence-electron chi connectivity index (χ0n) is 8.70. The molecule has 1 unspecified atom stereocenters. The van der Waals surface area contributed by atoms with Gasteiger partial charge in [0.25, 0.3) is 0 Å². The standard InChI is InChI=1S/C10H12BrN3OS/c1-2-14-9(16)12-13-10(14,15)7-4-3-5-8(11)6-7/h3-6,13,15H,2H2,1H3,(H,12,16). The minimum absolute atomic E-state index is 0.491. The number of nitrogens with one attached hydrogen (secondary N) is 2. The van der Waals surface area contributed by atoms with E-state index in [2.05, 4.69) is 26.8 Å². The average molecular weight is 302 g/mol. The molecule has 0 bridgehead atoms. The van der Waals surface area contributed by atoms with Crippen LogP contribution in [-0.2, 0) is 5.85 Å². The summed E-state index contributed by atoms with van der Waals surface area (Å²) in [6, 6.07) is 7.47. The molecule has 0 spiro atoms. The van der Waals surface area contributed by atoms with Crippen molar-refractivity contribution in [2.24, 2.45) is 0 Å². The molecule has 0 aliphatic carbocycles. The summed E-state index contributed by atoms with van der Waals surface area (Å²) in [5, 5.41) is 11.1. The lowest BCUT2D eigenvalue weighted by Gasteiger charge is -2.31. The molecule has 3 N–H and O–H groups in total. The lowest BCUT2D eigenvalue weighted by atomic mass is 10.1. The Morgan fingerprint density at radius 1 is 1.56 bits per heavy atom. The number of hydrogen-bond acceptors (Lipinski definition) is 3. The quantitative estimate of drug-likeness (QED) is 0.718. The topological polar surface area (TPSA) is 47.5 Å². The highest BCUT2D eigenvalue weighted by Crippen LogP contribution is 2.27. The van der Waals surface area contributed by atoms with E-state index in [1.807, 2.05) is 31.2 Å². The number of hydrazine groups is 1. The minimum atomic E-state index is -1.28. The number of thiocarbonyl (C=S) groups is 1. The molecule has 1 saturated heterocycles. The molecule has 0 amide bonds. The van der Waals surface area contributed by atoms with Crippen molar-refractivity contribution in [1.82, 2.24) is 15.8 Å². The largest absolute Gasteiger partial charge is 0.353 e. The molecule has 1 fully saturated rings. The Kier molecular flexibility index (Phi) is 3.16. The van der Waals surface area contributed by atoms with Gasteiger partial charge in [0.05, 0.1) is 0 Å². The summed E-state index contributed by atoms with van der Waals surface area (Å²) in [7, 11) is 0. The minimum Gasteiger partial charge on any atom is -0.353 e. The number of halogens is 1. The number of aliphatic hydroxyl groups is 1. The van der Waals surface area contributed by atoms with E-state index in [-0.39, 0.29) is 0 Å². The molecule has 1 aliphatic rings. The molecule has 2 rings (SSSR count). The summed E-state index contributed by atoms with van der Waals surface area (Å²) in [5.74, 6) is -1.28. The zero-order chi connectivity index (χ0) is 11.8. The highest BCUT2D eigenvalue weighted by atomic mass is 79.9. The van der Waals surface area contributed by atoms with Gasteiger partial charge >= 0.3 is 0 Å². The van der Waals surface area contributed by atoms with Gasteiger partial charge in [0, 0.05) is 16.6 Å². The van der Waals surface area contributed by atoms with Gasteiger partial charge in [-0.1, -0.05) is 28.1 Å². The Balaban J connectivity index is 2.42. The lowest BCUT2D eigenvalue weighted by molar-refractivity contribution is -0.0867. The van der Waals surface area contributed by atoms with E-state index in [4.69, 9.17) is 12.2 Å². The van der Waals surface area contributed by atoms with Gasteiger partial charge in [-0.25, -0.2) is 0 Å². The molecule has 6 heteroatoms. The van der Waals surface area contributed by atoms with Gasteiger partial charge in [0.1, 0.15) is 0 Å². The number of nitrogens with zero attached hydrogens (tertiary/aromatic N) is 1. The van der Waals surface area contributed by atoms with Crippen LogP contribution >= 0.6 is 28.1 Å². The lowest BCUT2D eigenvalue weighted by Crippen LogP contribution is -2.49. The fourth-order valence-corrected chi connectivity index (χ4v) is 2.44. The molecule has 0 radical (unpaired) electrons. The summed E-state index contributed by atoms with van der Waals surface area (Å²) < 4.78 is 0.911. The van der Waals surface area contributed by atoms with Crippen molar-refractivity contribution in [3.05, 3.63) is 34.3 Å². The van der Waals surface area contributed by atoms with Gasteiger partial charge in [-0.05, 0) is 31.3 Å². The summed E-state index contributed by atoms with van der Waals surface area (Å²) in [6.07, 6.45) is 0. The smallest absolute Gasteiger partial charge is 0.241 e. The van der Waals surface area contributed by atoms with Gasteiger partial charge in [-0.3, -0.25) is 5.43 Å². The first-order chi connectivity index (χ1) is 7.58. The van der Waals surface area contributed by atoms with E-state index in [1.165, 1.54) is 0 Å². The van der Waals surface area contributed by atoms with Gasteiger partial charge in [0.2, 0.25) is 5.85 Å². The molecule has 0 saturated carbocycles. The average Bonchev–Trinajstić information content (AvgIpc) is 2.56. The normalized spacial score (nSPS) is 24.7. The maximum Gasteiger partial charge on any atom is 0.241 e. The molecule has 86 valence electrons. The van der Waals surface area contributed by atoms with Crippen molar-refractivity contribution >= 4 is 33.3 Å². The van der Waals surface area contributed by atoms with E-state index >= 15 is 0 Å². The second kappa shape index (κ2) is 4.29. The van der Waals surface area contributed by atoms with Crippen LogP contribution in [0.1, 0.15) is 12.5 Å². The summed E-state index contributed by atoms with van der Waals surface area (Å²) in [6.45, 7) is 2.55. The molecule has 1 atom stereocenters. The number of rotatable bonds is 2. The van der Waals surface area contributed by atoms with Gasteiger partial charge in [-0.15, -0.1) is 0 Å². The second-order valence-corrected chi connectivity index (χ2v) is 4.78. The van der Waals surface area contributed by atoms with Crippen molar-refractivity contribution in [3.63, 3.8) is 0 Å². The zero-order valence-corrected chi connectivity index (χ0v) is 11.1. The molecule has 1 aliphatic heterocycles. The first-order valence-corrected chi connectivity index (χ1v) is 6.11. The third kappa shape index (κ3) is 1.82. The van der Waals surface area contributed by atoms with Gasteiger partial charge in [0.15, 0.2) is 5.11 Å². The monoisotopic (exact) mass is 301 g/mol. The van der Waals surface area contributed by atoms with Crippen molar-refractivity contribution < 1.29 is 5.11 Å². The first-order valence-electron chi connectivity index (χ1n) is 4.91.